The lowest BCUT2D eigenvalue weighted by Gasteiger charge is -2.30. The van der Waals surface area contributed by atoms with Crippen LogP contribution in [0.3, 0.4) is 0 Å². The first-order valence-corrected chi connectivity index (χ1v) is 26.9. The van der Waals surface area contributed by atoms with Crippen LogP contribution in [0.5, 0.6) is 0 Å². The average molecular weight is 989 g/mol. The van der Waals surface area contributed by atoms with Crippen LogP contribution in [0.25, 0.3) is 0 Å². The Hall–Kier alpha value is -3.88. The van der Waals surface area contributed by atoms with Crippen LogP contribution in [0, 0.1) is 0 Å². The number of benzene rings is 2. The Bertz CT molecular complexity index is 2610. The zero-order valence-corrected chi connectivity index (χ0v) is 40.5. The molecule has 2 atom stereocenters. The number of ether oxygens (including phenoxy) is 3. The number of allylic oxidation sites excluding steroid dienone is 6. The Labute approximate surface area is 382 Å². The molecule has 0 amide bonds. The number of carboxylic acid groups (broad SMARTS) is 1. The van der Waals surface area contributed by atoms with Gasteiger partial charge in [0.25, 0.3) is 10.1 Å². The molecule has 0 saturated carbocycles. The maximum atomic E-state index is 13.2. The normalized spacial score (nSPS) is 19.9. The minimum atomic E-state index is -4.91. The molecule has 0 aromatic heterocycles. The molecule has 0 saturated heterocycles. The highest BCUT2D eigenvalue weighted by Crippen LogP contribution is 2.51. The van der Waals surface area contributed by atoms with E-state index in [2.05, 4.69) is 9.44 Å². The van der Waals surface area contributed by atoms with Crippen molar-refractivity contribution in [1.82, 2.24) is 9.44 Å². The zero-order valence-electron chi connectivity index (χ0n) is 37.2. The van der Waals surface area contributed by atoms with Crippen molar-refractivity contribution in [3.8, 4) is 0 Å². The number of carbonyl (C=O) groups is 1. The standard InChI is InChI=1S/C42H60N4O15S4/c1-41(19-28-62(49,50)43-21-25-59-3)34-30-32(64(53,54)55)15-17-36(34)45(23-11-7-10-14-40(47)48)38(41)12-8-6-9-13-39-42(2,20-29-63(51,52)44-22-26-60-4)35-31-33(65(56,57)58)16-18-37(35)46(39)24-27-61-5/h6,8-9,12-13,15-18,30-31,43-44H,7,10-11,14,19-29H2,1-5H3,(H2-,47,48,53,54,55,56,57,58). The van der Waals surface area contributed by atoms with Gasteiger partial charge < -0.3 is 28.8 Å². The van der Waals surface area contributed by atoms with Crippen molar-refractivity contribution in [3.63, 3.8) is 0 Å². The third-order valence-electron chi connectivity index (χ3n) is 11.5. The molecule has 65 heavy (non-hydrogen) atoms. The number of fused-ring (bicyclic) bond motifs is 2. The van der Waals surface area contributed by atoms with Gasteiger partial charge in [-0.05, 0) is 81.5 Å². The van der Waals surface area contributed by atoms with Gasteiger partial charge >= 0.3 is 5.97 Å². The molecule has 2 aromatic carbocycles. The molecular formula is C42H60N4O15S4. The van der Waals surface area contributed by atoms with Crippen molar-refractivity contribution in [1.29, 1.82) is 0 Å². The second-order valence-corrected chi connectivity index (χ2v) is 22.7. The van der Waals surface area contributed by atoms with Gasteiger partial charge in [0.1, 0.15) is 16.7 Å². The Morgan fingerprint density at radius 3 is 1.92 bits per heavy atom. The zero-order chi connectivity index (χ0) is 48.3. The van der Waals surface area contributed by atoms with Crippen LogP contribution in [0.2, 0.25) is 0 Å². The summed E-state index contributed by atoms with van der Waals surface area (Å²) < 4.78 is 146. The molecule has 0 radical (unpaired) electrons. The van der Waals surface area contributed by atoms with Crippen molar-refractivity contribution in [2.75, 3.05) is 83.7 Å². The maximum Gasteiger partial charge on any atom is 0.303 e. The number of nitrogens with zero attached hydrogens (tertiary/aromatic N) is 2. The summed E-state index contributed by atoms with van der Waals surface area (Å²) in [4.78, 5) is 12.2. The molecule has 23 heteroatoms. The molecule has 4 N–H and O–H groups in total. The molecule has 0 fully saturated rings. The number of rotatable bonds is 28. The fourth-order valence-corrected chi connectivity index (χ4v) is 11.5. The molecular weight excluding hydrogens is 929 g/mol. The largest absolute Gasteiger partial charge is 0.744 e. The third kappa shape index (κ3) is 14.1. The third-order valence-corrected chi connectivity index (χ3v) is 16.0. The number of sulfonamides is 2. The van der Waals surface area contributed by atoms with E-state index in [1.165, 1.54) is 51.7 Å². The van der Waals surface area contributed by atoms with Gasteiger partial charge in [0.15, 0.2) is 5.71 Å². The maximum absolute atomic E-state index is 13.2. The Kier molecular flexibility index (Phi) is 18.8. The molecule has 0 spiro atoms. The molecule has 2 aromatic rings. The summed E-state index contributed by atoms with van der Waals surface area (Å²) in [6.45, 7) is 4.78. The van der Waals surface area contributed by atoms with Crippen LogP contribution in [0.4, 0.5) is 11.4 Å². The first kappa shape index (κ1) is 53.7. The second-order valence-electron chi connectivity index (χ2n) is 16.0. The van der Waals surface area contributed by atoms with E-state index in [0.29, 0.717) is 66.3 Å². The van der Waals surface area contributed by atoms with Gasteiger partial charge in [0, 0.05) is 88.3 Å². The molecule has 362 valence electrons. The van der Waals surface area contributed by atoms with E-state index in [9.17, 15) is 52.7 Å². The first-order valence-electron chi connectivity index (χ1n) is 20.8. The Morgan fingerprint density at radius 1 is 0.769 bits per heavy atom. The van der Waals surface area contributed by atoms with Gasteiger partial charge in [-0.25, -0.2) is 34.7 Å². The quantitative estimate of drug-likeness (QED) is 0.0413. The minimum Gasteiger partial charge on any atom is -0.744 e. The van der Waals surface area contributed by atoms with Crippen molar-refractivity contribution >= 4 is 63.3 Å². The fourth-order valence-electron chi connectivity index (χ4n) is 8.07. The monoisotopic (exact) mass is 988 g/mol. The van der Waals surface area contributed by atoms with E-state index in [-0.39, 0.29) is 68.6 Å². The van der Waals surface area contributed by atoms with Gasteiger partial charge in [-0.1, -0.05) is 18.2 Å². The summed E-state index contributed by atoms with van der Waals surface area (Å²) >= 11 is 0. The van der Waals surface area contributed by atoms with Gasteiger partial charge in [0.2, 0.25) is 25.7 Å². The van der Waals surface area contributed by atoms with Crippen molar-refractivity contribution in [3.05, 3.63) is 83.6 Å². The molecule has 2 unspecified atom stereocenters. The number of hydrogen-bond acceptors (Lipinski definition) is 14. The molecule has 0 bridgehead atoms. The average Bonchev–Trinajstić information content (AvgIpc) is 3.60. The topological polar surface area (TPSA) is 275 Å². The van der Waals surface area contributed by atoms with Gasteiger partial charge in [-0.2, -0.15) is 13.0 Å². The van der Waals surface area contributed by atoms with Crippen molar-refractivity contribution in [2.45, 2.75) is 73.0 Å². The number of methoxy groups -OCH3 is 3. The van der Waals surface area contributed by atoms with Crippen molar-refractivity contribution in [2.24, 2.45) is 0 Å². The van der Waals surface area contributed by atoms with Crippen LogP contribution < -0.4 is 14.3 Å². The SMILES string of the molecule is COCCNS(=O)(=O)CCC1(C)C(=CC=CC=CC2=[N+](CCCCCC(=O)O)c3ccc(S(=O)(=O)[O-])cc3C2(C)CCS(=O)(=O)NCCOC)N(CCOC)c2ccc(S(=O)(=O)O)cc21. The lowest BCUT2D eigenvalue weighted by Crippen LogP contribution is -2.37. The fraction of sp³-hybridized carbons (Fsp3) is 0.524. The molecule has 19 nitrogen and oxygen atoms in total. The van der Waals surface area contributed by atoms with Crippen LogP contribution in [0.15, 0.2) is 82.3 Å². The molecule has 2 aliphatic heterocycles. The Balaban J connectivity index is 1.84. The smallest absolute Gasteiger partial charge is 0.303 e. The van der Waals surface area contributed by atoms with Gasteiger partial charge in [-0.15, -0.1) is 0 Å². The predicted octanol–water partition coefficient (Wildman–Crippen LogP) is 3.17. The first-order chi connectivity index (χ1) is 30.4. The van der Waals surface area contributed by atoms with Crippen LogP contribution in [-0.4, -0.2) is 143 Å². The number of unbranched alkanes of at least 4 members (excludes halogenated alkanes) is 2. The van der Waals surface area contributed by atoms with E-state index in [4.69, 9.17) is 14.2 Å². The van der Waals surface area contributed by atoms with Gasteiger partial charge in [0.05, 0.1) is 46.5 Å². The minimum absolute atomic E-state index is 0.00347. The van der Waals surface area contributed by atoms with E-state index in [1.807, 2.05) is 9.48 Å². The summed E-state index contributed by atoms with van der Waals surface area (Å²) in [5.74, 6) is -1.66. The van der Waals surface area contributed by atoms with Crippen LogP contribution in [-0.2, 0) is 70.1 Å². The van der Waals surface area contributed by atoms with E-state index >= 15 is 0 Å². The summed E-state index contributed by atoms with van der Waals surface area (Å²) in [6, 6.07) is 8.13. The highest BCUT2D eigenvalue weighted by atomic mass is 32.2. The number of aliphatic carboxylic acids is 1. The highest BCUT2D eigenvalue weighted by molar-refractivity contribution is 7.89. The van der Waals surface area contributed by atoms with E-state index in [0.717, 1.165) is 0 Å². The van der Waals surface area contributed by atoms with Crippen LogP contribution in [0.1, 0.15) is 63.5 Å². The number of carboxylic acids is 1. The van der Waals surface area contributed by atoms with E-state index in [1.54, 1.807) is 50.3 Å². The summed E-state index contributed by atoms with van der Waals surface area (Å²) in [5.41, 5.74) is 0.919. The second kappa shape index (κ2) is 22.7. The predicted molar refractivity (Wildman–Crippen MR) is 243 cm³/mol. The number of nitrogens with one attached hydrogen (secondary N) is 2. The lowest BCUT2D eigenvalue weighted by molar-refractivity contribution is -0.438. The summed E-state index contributed by atoms with van der Waals surface area (Å²) in [6.07, 6.45) is 10.0. The molecule has 2 aliphatic rings. The summed E-state index contributed by atoms with van der Waals surface area (Å²) in [5, 5.41) is 9.18. The van der Waals surface area contributed by atoms with E-state index < -0.39 is 62.0 Å². The molecule has 0 aliphatic carbocycles. The van der Waals surface area contributed by atoms with Crippen molar-refractivity contribution < 1.29 is 71.5 Å². The highest BCUT2D eigenvalue weighted by Gasteiger charge is 2.49. The number of anilines is 1. The molecule has 2 heterocycles. The lowest BCUT2D eigenvalue weighted by atomic mass is 9.77. The number of hydrogen-bond donors (Lipinski definition) is 4. The molecule has 4 rings (SSSR count). The Morgan fingerprint density at radius 2 is 1.35 bits per heavy atom. The summed E-state index contributed by atoms with van der Waals surface area (Å²) in [7, 11) is -12.8. The van der Waals surface area contributed by atoms with Gasteiger partial charge in [-0.3, -0.25) is 9.35 Å². The van der Waals surface area contributed by atoms with Crippen LogP contribution >= 0.6 is 0 Å².